The number of nitrogens with zero attached hydrogens (tertiary/aromatic N) is 1. The molecule has 0 spiro atoms. The summed E-state index contributed by atoms with van der Waals surface area (Å²) in [4.78, 5) is 15.2. The van der Waals surface area contributed by atoms with Crippen LogP contribution in [-0.4, -0.2) is 43.2 Å². The smallest absolute Gasteiger partial charge is 0.251 e. The molecule has 29 heavy (non-hydrogen) atoms. The summed E-state index contributed by atoms with van der Waals surface area (Å²) in [7, 11) is 0. The molecule has 0 radical (unpaired) electrons. The van der Waals surface area contributed by atoms with Crippen molar-refractivity contribution in [3.8, 4) is 11.5 Å². The molecule has 0 aromatic heterocycles. The molecule has 5 nitrogen and oxygen atoms in total. The van der Waals surface area contributed by atoms with E-state index in [1.54, 1.807) is 6.07 Å². The molecule has 1 amide bonds. The van der Waals surface area contributed by atoms with Crippen molar-refractivity contribution < 1.29 is 14.3 Å². The van der Waals surface area contributed by atoms with Gasteiger partial charge in [-0.2, -0.15) is 0 Å². The molecule has 1 aliphatic rings. The minimum absolute atomic E-state index is 0.0468. The first-order valence-electron chi connectivity index (χ1n) is 10.7. The van der Waals surface area contributed by atoms with Crippen LogP contribution in [-0.2, 0) is 6.54 Å². The fraction of sp³-hybridized carbons (Fsp3) is 0.458. The standard InChI is InChI=1S/C24H32N2O3/c1-3-16-29-22-11-10-20(17-23(22)28-4-2)24(27)25-21-12-14-26(15-13-21)18-19-8-6-5-7-9-19/h5-11,17,21H,3-4,12-16,18H2,1-2H3,(H,25,27). The molecule has 5 heteroatoms. The van der Waals surface area contributed by atoms with E-state index in [0.29, 0.717) is 30.3 Å². The van der Waals surface area contributed by atoms with Crippen LogP contribution in [0.4, 0.5) is 0 Å². The maximum Gasteiger partial charge on any atom is 0.251 e. The minimum atomic E-state index is -0.0468. The van der Waals surface area contributed by atoms with E-state index in [2.05, 4.69) is 41.4 Å². The zero-order valence-electron chi connectivity index (χ0n) is 17.5. The number of piperidine rings is 1. The van der Waals surface area contributed by atoms with E-state index in [4.69, 9.17) is 9.47 Å². The van der Waals surface area contributed by atoms with Crippen LogP contribution >= 0.6 is 0 Å². The minimum Gasteiger partial charge on any atom is -0.490 e. The van der Waals surface area contributed by atoms with Crippen LogP contribution in [0.15, 0.2) is 48.5 Å². The van der Waals surface area contributed by atoms with Gasteiger partial charge in [0.15, 0.2) is 11.5 Å². The molecule has 1 aliphatic heterocycles. The lowest BCUT2D eigenvalue weighted by atomic mass is 10.0. The van der Waals surface area contributed by atoms with Crippen LogP contribution in [0.25, 0.3) is 0 Å². The van der Waals surface area contributed by atoms with Crippen LogP contribution in [0.3, 0.4) is 0 Å². The third-order valence-corrected chi connectivity index (χ3v) is 5.14. The van der Waals surface area contributed by atoms with Crippen molar-refractivity contribution in [3.05, 3.63) is 59.7 Å². The number of likely N-dealkylation sites (tertiary alicyclic amines) is 1. The molecule has 2 aromatic rings. The van der Waals surface area contributed by atoms with Crippen LogP contribution in [0.5, 0.6) is 11.5 Å². The molecule has 2 aromatic carbocycles. The van der Waals surface area contributed by atoms with E-state index < -0.39 is 0 Å². The summed E-state index contributed by atoms with van der Waals surface area (Å²) in [6, 6.07) is 16.2. The molecule has 0 bridgehead atoms. The SMILES string of the molecule is CCCOc1ccc(C(=O)NC2CCN(Cc3ccccc3)CC2)cc1OCC. The Hall–Kier alpha value is -2.53. The molecular formula is C24H32N2O3. The number of ether oxygens (including phenoxy) is 2. The van der Waals surface area contributed by atoms with Gasteiger partial charge in [-0.1, -0.05) is 37.3 Å². The molecule has 0 atom stereocenters. The molecule has 0 aliphatic carbocycles. The van der Waals surface area contributed by atoms with Gasteiger partial charge in [-0.05, 0) is 49.9 Å². The Bertz CT molecular complexity index is 771. The second-order valence-corrected chi connectivity index (χ2v) is 7.45. The number of carbonyl (C=O) groups is 1. The van der Waals surface area contributed by atoms with Crippen LogP contribution in [0.2, 0.25) is 0 Å². The second kappa shape index (κ2) is 10.9. The van der Waals surface area contributed by atoms with Crippen molar-refractivity contribution in [1.82, 2.24) is 10.2 Å². The van der Waals surface area contributed by atoms with Crippen LogP contribution < -0.4 is 14.8 Å². The highest BCUT2D eigenvalue weighted by Crippen LogP contribution is 2.29. The van der Waals surface area contributed by atoms with E-state index in [-0.39, 0.29) is 11.9 Å². The summed E-state index contributed by atoms with van der Waals surface area (Å²) in [5, 5.41) is 3.19. The number of benzene rings is 2. The van der Waals surface area contributed by atoms with Crippen molar-refractivity contribution in [3.63, 3.8) is 0 Å². The van der Waals surface area contributed by atoms with Gasteiger partial charge in [0.2, 0.25) is 0 Å². The van der Waals surface area contributed by atoms with Gasteiger partial charge in [0, 0.05) is 31.2 Å². The zero-order chi connectivity index (χ0) is 20.5. The van der Waals surface area contributed by atoms with Gasteiger partial charge in [-0.15, -0.1) is 0 Å². The van der Waals surface area contributed by atoms with E-state index in [1.807, 2.05) is 25.1 Å². The Balaban J connectivity index is 1.53. The maximum absolute atomic E-state index is 12.7. The summed E-state index contributed by atoms with van der Waals surface area (Å²) in [5.74, 6) is 1.28. The molecule has 1 fully saturated rings. The van der Waals surface area contributed by atoms with E-state index in [1.165, 1.54) is 5.56 Å². The van der Waals surface area contributed by atoms with Gasteiger partial charge in [0.05, 0.1) is 13.2 Å². The highest BCUT2D eigenvalue weighted by atomic mass is 16.5. The summed E-state index contributed by atoms with van der Waals surface area (Å²) < 4.78 is 11.4. The number of hydrogen-bond donors (Lipinski definition) is 1. The number of nitrogens with one attached hydrogen (secondary N) is 1. The number of amides is 1. The Labute approximate surface area is 174 Å². The van der Waals surface area contributed by atoms with Gasteiger partial charge in [-0.25, -0.2) is 0 Å². The largest absolute Gasteiger partial charge is 0.490 e. The third-order valence-electron chi connectivity index (χ3n) is 5.14. The van der Waals surface area contributed by atoms with E-state index in [9.17, 15) is 4.79 Å². The summed E-state index contributed by atoms with van der Waals surface area (Å²) in [6.07, 6.45) is 2.86. The highest BCUT2D eigenvalue weighted by molar-refractivity contribution is 5.95. The Kier molecular flexibility index (Phi) is 7.94. The number of carbonyl (C=O) groups excluding carboxylic acids is 1. The van der Waals surface area contributed by atoms with Gasteiger partial charge >= 0.3 is 0 Å². The molecular weight excluding hydrogens is 364 g/mol. The molecule has 0 saturated carbocycles. The Morgan fingerprint density at radius 2 is 1.79 bits per heavy atom. The molecule has 1 heterocycles. The third kappa shape index (κ3) is 6.23. The number of hydrogen-bond acceptors (Lipinski definition) is 4. The van der Waals surface area contributed by atoms with E-state index >= 15 is 0 Å². The van der Waals surface area contributed by atoms with E-state index in [0.717, 1.165) is 38.9 Å². The second-order valence-electron chi connectivity index (χ2n) is 7.45. The van der Waals surface area contributed by atoms with Gasteiger partial charge in [-0.3, -0.25) is 9.69 Å². The normalized spacial score (nSPS) is 15.1. The first-order valence-corrected chi connectivity index (χ1v) is 10.7. The van der Waals surface area contributed by atoms with Gasteiger partial charge in [0.1, 0.15) is 0 Å². The highest BCUT2D eigenvalue weighted by Gasteiger charge is 2.22. The first kappa shape index (κ1) is 21.2. The zero-order valence-corrected chi connectivity index (χ0v) is 17.5. The lowest BCUT2D eigenvalue weighted by Gasteiger charge is -2.32. The monoisotopic (exact) mass is 396 g/mol. The van der Waals surface area contributed by atoms with Crippen molar-refractivity contribution in [1.29, 1.82) is 0 Å². The quantitative estimate of drug-likeness (QED) is 0.688. The fourth-order valence-electron chi connectivity index (χ4n) is 3.59. The summed E-state index contributed by atoms with van der Waals surface area (Å²) in [6.45, 7) is 8.12. The summed E-state index contributed by atoms with van der Waals surface area (Å²) >= 11 is 0. The molecule has 1 N–H and O–H groups in total. The molecule has 0 unspecified atom stereocenters. The lowest BCUT2D eigenvalue weighted by Crippen LogP contribution is -2.44. The first-order chi connectivity index (χ1) is 14.2. The van der Waals surface area contributed by atoms with Crippen LogP contribution in [0, 0.1) is 0 Å². The summed E-state index contributed by atoms with van der Waals surface area (Å²) in [5.41, 5.74) is 1.95. The predicted octanol–water partition coefficient (Wildman–Crippen LogP) is 4.27. The van der Waals surface area contributed by atoms with Crippen LogP contribution in [0.1, 0.15) is 49.0 Å². The van der Waals surface area contributed by atoms with Crippen molar-refractivity contribution in [2.24, 2.45) is 0 Å². The van der Waals surface area contributed by atoms with Crippen molar-refractivity contribution >= 4 is 5.91 Å². The Morgan fingerprint density at radius 1 is 1.03 bits per heavy atom. The maximum atomic E-state index is 12.7. The van der Waals surface area contributed by atoms with Gasteiger partial charge in [0.25, 0.3) is 5.91 Å². The molecule has 3 rings (SSSR count). The lowest BCUT2D eigenvalue weighted by molar-refractivity contribution is 0.0908. The molecule has 1 saturated heterocycles. The van der Waals surface area contributed by atoms with Crippen molar-refractivity contribution in [2.45, 2.75) is 45.7 Å². The van der Waals surface area contributed by atoms with Gasteiger partial charge < -0.3 is 14.8 Å². The molecule has 156 valence electrons. The average Bonchev–Trinajstić information content (AvgIpc) is 2.75. The fourth-order valence-corrected chi connectivity index (χ4v) is 3.59. The Morgan fingerprint density at radius 3 is 2.48 bits per heavy atom. The topological polar surface area (TPSA) is 50.8 Å². The van der Waals surface area contributed by atoms with Crippen molar-refractivity contribution in [2.75, 3.05) is 26.3 Å². The average molecular weight is 397 g/mol. The number of rotatable bonds is 9. The predicted molar refractivity (Wildman–Crippen MR) is 116 cm³/mol.